The zero-order valence-electron chi connectivity index (χ0n) is 14.4. The van der Waals surface area contributed by atoms with Crippen LogP contribution >= 0.6 is 0 Å². The Bertz CT molecular complexity index is 502. The molecule has 0 saturated heterocycles. The van der Waals surface area contributed by atoms with Gasteiger partial charge in [-0.25, -0.2) is 0 Å². The molecular formula is C21H32O. The molecule has 1 N–H and O–H groups in total. The fourth-order valence-corrected chi connectivity index (χ4v) is 6.63. The molecule has 0 amide bonds. The quantitative estimate of drug-likeness (QED) is 0.700. The summed E-state index contributed by atoms with van der Waals surface area (Å²) in [7, 11) is 0. The van der Waals surface area contributed by atoms with Crippen LogP contribution in [0.1, 0.15) is 71.6 Å². The highest BCUT2D eigenvalue weighted by atomic mass is 16.3. The largest absolute Gasteiger partial charge is 0.393 e. The van der Waals surface area contributed by atoms with Crippen LogP contribution in [0.2, 0.25) is 0 Å². The van der Waals surface area contributed by atoms with E-state index in [1.54, 1.807) is 11.1 Å². The van der Waals surface area contributed by atoms with E-state index in [9.17, 15) is 5.11 Å². The van der Waals surface area contributed by atoms with Gasteiger partial charge in [0.15, 0.2) is 0 Å². The molecule has 3 fully saturated rings. The number of aliphatic hydroxyl groups excluding tert-OH is 1. The Balaban J connectivity index is 1.58. The molecule has 0 radical (unpaired) electrons. The number of aliphatic hydroxyl groups is 1. The number of hydrogen-bond acceptors (Lipinski definition) is 1. The van der Waals surface area contributed by atoms with Gasteiger partial charge in [-0.3, -0.25) is 0 Å². The van der Waals surface area contributed by atoms with Gasteiger partial charge in [0.25, 0.3) is 0 Å². The maximum absolute atomic E-state index is 10.5. The Morgan fingerprint density at radius 3 is 2.82 bits per heavy atom. The maximum atomic E-state index is 10.5. The second kappa shape index (κ2) is 5.51. The fraction of sp³-hybridized carbons (Fsp3) is 0.810. The van der Waals surface area contributed by atoms with Crippen LogP contribution in [-0.2, 0) is 0 Å². The summed E-state index contributed by atoms with van der Waals surface area (Å²) in [5.74, 6) is 3.49. The first-order chi connectivity index (χ1) is 10.6. The SMILES string of the molecule is CC/C=C1/C=C2CCC3C(CCC4(C)C(O)CCC34)C2CC1. The maximum Gasteiger partial charge on any atom is 0.0596 e. The first-order valence-electron chi connectivity index (χ1n) is 9.71. The highest BCUT2D eigenvalue weighted by Gasteiger charge is 2.55. The average molecular weight is 300 g/mol. The third kappa shape index (κ3) is 2.15. The molecule has 0 aromatic carbocycles. The van der Waals surface area contributed by atoms with E-state index < -0.39 is 0 Å². The minimum atomic E-state index is -0.0270. The minimum Gasteiger partial charge on any atom is -0.393 e. The molecule has 4 rings (SSSR count). The third-order valence-corrected chi connectivity index (χ3v) is 7.78. The molecular weight excluding hydrogens is 268 g/mol. The van der Waals surface area contributed by atoms with Crippen molar-refractivity contribution < 1.29 is 5.11 Å². The third-order valence-electron chi connectivity index (χ3n) is 7.78. The number of allylic oxidation sites excluding steroid dienone is 4. The molecule has 0 aliphatic heterocycles. The van der Waals surface area contributed by atoms with Crippen molar-refractivity contribution in [1.29, 1.82) is 0 Å². The highest BCUT2D eigenvalue weighted by molar-refractivity contribution is 5.31. The van der Waals surface area contributed by atoms with Crippen LogP contribution in [0.15, 0.2) is 23.3 Å². The molecule has 0 aromatic rings. The molecule has 6 unspecified atom stereocenters. The van der Waals surface area contributed by atoms with Gasteiger partial charge >= 0.3 is 0 Å². The van der Waals surface area contributed by atoms with Crippen molar-refractivity contribution in [2.45, 2.75) is 77.7 Å². The van der Waals surface area contributed by atoms with E-state index in [-0.39, 0.29) is 11.5 Å². The summed E-state index contributed by atoms with van der Waals surface area (Å²) < 4.78 is 0. The lowest BCUT2D eigenvalue weighted by molar-refractivity contribution is -0.0529. The molecule has 4 aliphatic carbocycles. The summed E-state index contributed by atoms with van der Waals surface area (Å²) >= 11 is 0. The van der Waals surface area contributed by atoms with Crippen molar-refractivity contribution in [2.24, 2.45) is 29.1 Å². The van der Waals surface area contributed by atoms with E-state index in [1.165, 1.54) is 51.4 Å². The molecule has 122 valence electrons. The Hall–Kier alpha value is -0.560. The molecule has 3 saturated carbocycles. The molecule has 0 aromatic heterocycles. The molecule has 22 heavy (non-hydrogen) atoms. The van der Waals surface area contributed by atoms with Crippen LogP contribution in [0, 0.1) is 29.1 Å². The van der Waals surface area contributed by atoms with Crippen LogP contribution in [-0.4, -0.2) is 11.2 Å². The number of rotatable bonds is 1. The standard InChI is InChI=1S/C21H32O/c1-3-4-14-5-7-16-15(13-14)6-8-18-17(16)11-12-21(2)19(18)9-10-20(21)22/h4,13,16-20,22H,3,5-12H2,1-2H3/b14-4+. The summed E-state index contributed by atoms with van der Waals surface area (Å²) in [5, 5.41) is 10.5. The molecule has 0 spiro atoms. The van der Waals surface area contributed by atoms with Crippen molar-refractivity contribution in [3.8, 4) is 0 Å². The van der Waals surface area contributed by atoms with Gasteiger partial charge < -0.3 is 5.11 Å². The second-order valence-electron chi connectivity index (χ2n) is 8.66. The second-order valence-corrected chi connectivity index (χ2v) is 8.66. The first kappa shape index (κ1) is 15.0. The van der Waals surface area contributed by atoms with E-state index in [4.69, 9.17) is 0 Å². The summed E-state index contributed by atoms with van der Waals surface area (Å²) in [4.78, 5) is 0. The van der Waals surface area contributed by atoms with Crippen molar-refractivity contribution in [1.82, 2.24) is 0 Å². The van der Waals surface area contributed by atoms with Gasteiger partial charge in [0.2, 0.25) is 0 Å². The predicted molar refractivity (Wildman–Crippen MR) is 91.5 cm³/mol. The van der Waals surface area contributed by atoms with Crippen molar-refractivity contribution in [2.75, 3.05) is 0 Å². The van der Waals surface area contributed by atoms with Gasteiger partial charge in [0.1, 0.15) is 0 Å². The van der Waals surface area contributed by atoms with Crippen molar-refractivity contribution in [3.05, 3.63) is 23.3 Å². The zero-order valence-corrected chi connectivity index (χ0v) is 14.4. The fourth-order valence-electron chi connectivity index (χ4n) is 6.63. The molecule has 4 aliphatic rings. The van der Waals surface area contributed by atoms with Gasteiger partial charge in [-0.15, -0.1) is 0 Å². The van der Waals surface area contributed by atoms with Crippen LogP contribution in [0.25, 0.3) is 0 Å². The monoisotopic (exact) mass is 300 g/mol. The molecule has 6 atom stereocenters. The lowest BCUT2D eigenvalue weighted by Gasteiger charge is -2.53. The zero-order chi connectivity index (χ0) is 15.3. The van der Waals surface area contributed by atoms with Crippen LogP contribution in [0.4, 0.5) is 0 Å². The van der Waals surface area contributed by atoms with E-state index in [0.29, 0.717) is 0 Å². The predicted octanol–water partition coefficient (Wildman–Crippen LogP) is 5.26. The van der Waals surface area contributed by atoms with Crippen LogP contribution < -0.4 is 0 Å². The lowest BCUT2D eigenvalue weighted by atomic mass is 9.52. The number of fused-ring (bicyclic) bond motifs is 5. The summed E-state index contributed by atoms with van der Waals surface area (Å²) in [5.41, 5.74) is 3.61. The Morgan fingerprint density at radius 1 is 1.14 bits per heavy atom. The normalized spacial score (nSPS) is 49.3. The summed E-state index contributed by atoms with van der Waals surface area (Å²) in [6.45, 7) is 4.64. The lowest BCUT2D eigenvalue weighted by Crippen LogP contribution is -2.47. The first-order valence-corrected chi connectivity index (χ1v) is 9.71. The molecule has 1 nitrogen and oxygen atoms in total. The number of hydrogen-bond donors (Lipinski definition) is 1. The van der Waals surface area contributed by atoms with E-state index >= 15 is 0 Å². The highest BCUT2D eigenvalue weighted by Crippen LogP contribution is 2.61. The van der Waals surface area contributed by atoms with Crippen molar-refractivity contribution >= 4 is 0 Å². The Kier molecular flexibility index (Phi) is 3.76. The molecule has 1 heteroatoms. The van der Waals surface area contributed by atoms with Crippen LogP contribution in [0.5, 0.6) is 0 Å². The van der Waals surface area contributed by atoms with E-state index in [0.717, 1.165) is 30.1 Å². The molecule has 0 heterocycles. The van der Waals surface area contributed by atoms with Crippen molar-refractivity contribution in [3.63, 3.8) is 0 Å². The Labute approximate surface area is 135 Å². The van der Waals surface area contributed by atoms with Gasteiger partial charge in [-0.1, -0.05) is 37.1 Å². The van der Waals surface area contributed by atoms with E-state index in [2.05, 4.69) is 26.0 Å². The Morgan fingerprint density at radius 2 is 2.00 bits per heavy atom. The van der Waals surface area contributed by atoms with Gasteiger partial charge in [0, 0.05) is 0 Å². The summed E-state index contributed by atoms with van der Waals surface area (Å²) in [6, 6.07) is 0. The molecule has 0 bridgehead atoms. The smallest absolute Gasteiger partial charge is 0.0596 e. The summed E-state index contributed by atoms with van der Waals surface area (Å²) in [6.07, 6.45) is 16.5. The van der Waals surface area contributed by atoms with Gasteiger partial charge in [-0.2, -0.15) is 0 Å². The van der Waals surface area contributed by atoms with Crippen LogP contribution in [0.3, 0.4) is 0 Å². The average Bonchev–Trinajstić information content (AvgIpc) is 2.83. The van der Waals surface area contributed by atoms with E-state index in [1.807, 2.05) is 0 Å². The topological polar surface area (TPSA) is 20.2 Å². The minimum absolute atomic E-state index is 0.0270. The van der Waals surface area contributed by atoms with Gasteiger partial charge in [-0.05, 0) is 86.9 Å². The van der Waals surface area contributed by atoms with Gasteiger partial charge in [0.05, 0.1) is 6.10 Å².